The molecule has 2 aliphatic rings. The maximum Gasteiger partial charge on any atom is 0.279 e. The minimum atomic E-state index is 0.157. The van der Waals surface area contributed by atoms with Gasteiger partial charge in [0.1, 0.15) is 5.75 Å². The van der Waals surface area contributed by atoms with Crippen LogP contribution in [0, 0.1) is 5.92 Å². The van der Waals surface area contributed by atoms with Gasteiger partial charge >= 0.3 is 0 Å². The highest BCUT2D eigenvalue weighted by Gasteiger charge is 2.30. The molecule has 1 atom stereocenters. The molecule has 1 aromatic heterocycles. The molecule has 2 aliphatic heterocycles. The van der Waals surface area contributed by atoms with Crippen LogP contribution in [0.25, 0.3) is 10.2 Å². The van der Waals surface area contributed by atoms with E-state index in [4.69, 9.17) is 4.74 Å². The summed E-state index contributed by atoms with van der Waals surface area (Å²) in [6.45, 7) is 4.39. The number of hydrogen-bond acceptors (Lipinski definition) is 5. The molecule has 2 aromatic carbocycles. The number of likely N-dealkylation sites (tertiary alicyclic amines) is 1. The zero-order chi connectivity index (χ0) is 20.5. The molecule has 0 aliphatic carbocycles. The number of nitrogens with zero attached hydrogens (tertiary/aromatic N) is 3. The van der Waals surface area contributed by atoms with Crippen molar-refractivity contribution in [3.05, 3.63) is 66.0 Å². The molecule has 0 spiro atoms. The summed E-state index contributed by atoms with van der Waals surface area (Å²) in [7, 11) is 0. The Balaban J connectivity index is 1.26. The lowest BCUT2D eigenvalue weighted by Crippen LogP contribution is -2.41. The number of aromatic nitrogens is 1. The highest BCUT2D eigenvalue weighted by Crippen LogP contribution is 2.34. The number of hydrogen-bond donors (Lipinski definition) is 0. The van der Waals surface area contributed by atoms with Gasteiger partial charge in [-0.2, -0.15) is 0 Å². The van der Waals surface area contributed by atoms with E-state index in [1.54, 1.807) is 18.3 Å². The van der Waals surface area contributed by atoms with Gasteiger partial charge in [-0.1, -0.05) is 35.6 Å². The van der Waals surface area contributed by atoms with Crippen LogP contribution in [0.15, 0.2) is 60.4 Å². The first-order valence-corrected chi connectivity index (χ1v) is 11.3. The van der Waals surface area contributed by atoms with E-state index in [2.05, 4.69) is 34.3 Å². The summed E-state index contributed by atoms with van der Waals surface area (Å²) in [5, 5.41) is 0.664. The molecule has 1 saturated heterocycles. The first-order valence-electron chi connectivity index (χ1n) is 10.5. The summed E-state index contributed by atoms with van der Waals surface area (Å²) in [6.07, 6.45) is 5.63. The number of allylic oxidation sites excluding steroid dienone is 1. The van der Waals surface area contributed by atoms with Gasteiger partial charge in [-0.05, 0) is 49.1 Å². The van der Waals surface area contributed by atoms with E-state index < -0.39 is 0 Å². The maximum absolute atomic E-state index is 12.0. The van der Waals surface area contributed by atoms with Gasteiger partial charge in [0, 0.05) is 44.4 Å². The molecular weight excluding hydrogens is 394 g/mol. The standard InChI is InChI=1S/C24H25N3O2S/c1-17(28)27-13-4-5-19-12-14-26(16-22(19)27)15-18-8-10-20(11-9-18)29-24-25-21-6-2-3-7-23(21)30-24/h2-3,6-11,16,19H,4-5,12-15H2,1H3. The van der Waals surface area contributed by atoms with Crippen LogP contribution in [0.2, 0.25) is 0 Å². The second kappa shape index (κ2) is 8.11. The summed E-state index contributed by atoms with van der Waals surface area (Å²) in [5.74, 6) is 1.48. The van der Waals surface area contributed by atoms with Crippen molar-refractivity contribution in [2.45, 2.75) is 32.7 Å². The fourth-order valence-electron chi connectivity index (χ4n) is 4.39. The number of carbonyl (C=O) groups is 1. The molecule has 0 radical (unpaired) electrons. The monoisotopic (exact) mass is 419 g/mol. The SMILES string of the molecule is CC(=O)N1CCCC2CCN(Cc3ccc(Oc4nc5ccccc5s4)cc3)C=C21. The molecule has 5 nitrogen and oxygen atoms in total. The van der Waals surface area contributed by atoms with Crippen molar-refractivity contribution in [1.82, 2.24) is 14.8 Å². The third kappa shape index (κ3) is 3.92. The molecule has 3 aromatic rings. The number of piperidine rings is 1. The lowest BCUT2D eigenvalue weighted by molar-refractivity contribution is -0.128. The van der Waals surface area contributed by atoms with Crippen LogP contribution in [0.1, 0.15) is 31.7 Å². The van der Waals surface area contributed by atoms with Crippen LogP contribution in [-0.2, 0) is 11.3 Å². The Morgan fingerprint density at radius 3 is 2.77 bits per heavy atom. The van der Waals surface area contributed by atoms with Gasteiger partial charge < -0.3 is 14.5 Å². The zero-order valence-electron chi connectivity index (χ0n) is 17.1. The topological polar surface area (TPSA) is 45.7 Å². The molecule has 3 heterocycles. The van der Waals surface area contributed by atoms with E-state index in [1.165, 1.54) is 17.7 Å². The second-order valence-electron chi connectivity index (χ2n) is 8.02. The van der Waals surface area contributed by atoms with Crippen LogP contribution >= 0.6 is 11.3 Å². The first kappa shape index (κ1) is 19.1. The normalized spacial score (nSPS) is 18.8. The fraction of sp³-hybridized carbons (Fsp3) is 0.333. The lowest BCUT2D eigenvalue weighted by atomic mass is 9.89. The Bertz CT molecular complexity index is 1060. The molecule has 0 N–H and O–H groups in total. The highest BCUT2D eigenvalue weighted by molar-refractivity contribution is 7.20. The Kier molecular flexibility index (Phi) is 5.17. The maximum atomic E-state index is 12.0. The molecule has 0 saturated carbocycles. The summed E-state index contributed by atoms with van der Waals surface area (Å²) >= 11 is 1.56. The number of benzene rings is 2. The summed E-state index contributed by atoms with van der Waals surface area (Å²) < 4.78 is 7.08. The van der Waals surface area contributed by atoms with E-state index in [-0.39, 0.29) is 5.91 Å². The van der Waals surface area contributed by atoms with Crippen molar-refractivity contribution >= 4 is 27.5 Å². The number of ether oxygens (including phenoxy) is 1. The van der Waals surface area contributed by atoms with Gasteiger partial charge in [0.05, 0.1) is 10.2 Å². The Hall–Kier alpha value is -2.86. The number of amides is 1. The zero-order valence-corrected chi connectivity index (χ0v) is 17.9. The molecule has 1 fully saturated rings. The van der Waals surface area contributed by atoms with E-state index in [9.17, 15) is 4.79 Å². The third-order valence-corrected chi connectivity index (χ3v) is 6.83. The predicted molar refractivity (Wildman–Crippen MR) is 119 cm³/mol. The van der Waals surface area contributed by atoms with Gasteiger partial charge in [0.2, 0.25) is 5.91 Å². The van der Waals surface area contributed by atoms with Crippen molar-refractivity contribution in [3.8, 4) is 10.9 Å². The number of para-hydroxylation sites is 1. The number of fused-ring (bicyclic) bond motifs is 2. The molecule has 6 heteroatoms. The second-order valence-corrected chi connectivity index (χ2v) is 9.01. The molecule has 30 heavy (non-hydrogen) atoms. The number of rotatable bonds is 4. The van der Waals surface area contributed by atoms with Crippen molar-refractivity contribution in [2.24, 2.45) is 5.92 Å². The van der Waals surface area contributed by atoms with Crippen LogP contribution in [-0.4, -0.2) is 33.8 Å². The van der Waals surface area contributed by atoms with Gasteiger partial charge in [-0.15, -0.1) is 0 Å². The quantitative estimate of drug-likeness (QED) is 0.568. The van der Waals surface area contributed by atoms with E-state index >= 15 is 0 Å². The van der Waals surface area contributed by atoms with Crippen LogP contribution in [0.4, 0.5) is 0 Å². The van der Waals surface area contributed by atoms with Crippen LogP contribution < -0.4 is 4.74 Å². The molecule has 1 unspecified atom stereocenters. The Morgan fingerprint density at radius 1 is 1.13 bits per heavy atom. The third-order valence-electron chi connectivity index (χ3n) is 5.91. The molecule has 0 bridgehead atoms. The molecule has 154 valence electrons. The minimum absolute atomic E-state index is 0.157. The average Bonchev–Trinajstić information content (AvgIpc) is 3.17. The van der Waals surface area contributed by atoms with Gasteiger partial charge in [-0.3, -0.25) is 4.79 Å². The number of thiazole rings is 1. The van der Waals surface area contributed by atoms with Gasteiger partial charge in [0.25, 0.3) is 5.19 Å². The highest BCUT2D eigenvalue weighted by atomic mass is 32.1. The van der Waals surface area contributed by atoms with Gasteiger partial charge in [-0.25, -0.2) is 4.98 Å². The predicted octanol–water partition coefficient (Wildman–Crippen LogP) is 5.39. The Morgan fingerprint density at radius 2 is 1.97 bits per heavy atom. The van der Waals surface area contributed by atoms with E-state index in [0.29, 0.717) is 11.1 Å². The van der Waals surface area contributed by atoms with Crippen LogP contribution in [0.3, 0.4) is 0 Å². The fourth-order valence-corrected chi connectivity index (χ4v) is 5.23. The average molecular weight is 420 g/mol. The summed E-state index contributed by atoms with van der Waals surface area (Å²) in [5.41, 5.74) is 3.40. The molecule has 1 amide bonds. The molecule has 5 rings (SSSR count). The van der Waals surface area contributed by atoms with Crippen molar-refractivity contribution in [1.29, 1.82) is 0 Å². The first-order chi connectivity index (χ1) is 14.7. The summed E-state index contributed by atoms with van der Waals surface area (Å²) in [4.78, 5) is 20.8. The van der Waals surface area contributed by atoms with E-state index in [1.807, 2.05) is 35.2 Å². The van der Waals surface area contributed by atoms with Crippen molar-refractivity contribution in [3.63, 3.8) is 0 Å². The van der Waals surface area contributed by atoms with Crippen molar-refractivity contribution < 1.29 is 9.53 Å². The van der Waals surface area contributed by atoms with E-state index in [0.717, 1.165) is 48.4 Å². The smallest absolute Gasteiger partial charge is 0.279 e. The lowest BCUT2D eigenvalue weighted by Gasteiger charge is -2.40. The Labute approximate surface area is 180 Å². The van der Waals surface area contributed by atoms with Crippen molar-refractivity contribution in [2.75, 3.05) is 13.1 Å². The van der Waals surface area contributed by atoms with Crippen LogP contribution in [0.5, 0.6) is 10.9 Å². The molecular formula is C24H25N3O2S. The largest absolute Gasteiger partial charge is 0.431 e. The number of carbonyl (C=O) groups excluding carboxylic acids is 1. The van der Waals surface area contributed by atoms with Gasteiger partial charge in [0.15, 0.2) is 0 Å². The summed E-state index contributed by atoms with van der Waals surface area (Å²) in [6, 6.07) is 16.3. The minimum Gasteiger partial charge on any atom is -0.431 e.